The fourth-order valence-corrected chi connectivity index (χ4v) is 3.53. The van der Waals surface area contributed by atoms with Gasteiger partial charge in [0.25, 0.3) is 0 Å². The van der Waals surface area contributed by atoms with Gasteiger partial charge < -0.3 is 0 Å². The van der Waals surface area contributed by atoms with Gasteiger partial charge in [-0.05, 0) is 18.4 Å². The van der Waals surface area contributed by atoms with E-state index in [0.29, 0.717) is 6.04 Å². The Labute approximate surface area is 148 Å². The van der Waals surface area contributed by atoms with Crippen LogP contribution in [0.4, 0.5) is 0 Å². The second kappa shape index (κ2) is 7.19. The molecule has 0 unspecified atom stereocenters. The Balaban J connectivity index is 1.32. The van der Waals surface area contributed by atoms with E-state index >= 15 is 0 Å². The molecule has 130 valence electrons. The maximum absolute atomic E-state index is 4.38. The van der Waals surface area contributed by atoms with Crippen LogP contribution in [0.1, 0.15) is 35.7 Å². The van der Waals surface area contributed by atoms with Crippen LogP contribution in [0.3, 0.4) is 0 Å². The Morgan fingerprint density at radius 3 is 2.56 bits per heavy atom. The van der Waals surface area contributed by atoms with Crippen molar-refractivity contribution in [3.63, 3.8) is 0 Å². The van der Waals surface area contributed by atoms with E-state index in [1.165, 1.54) is 11.1 Å². The van der Waals surface area contributed by atoms with E-state index in [1.54, 1.807) is 0 Å². The molecule has 3 aromatic rings. The molecule has 4 rings (SSSR count). The van der Waals surface area contributed by atoms with Crippen LogP contribution < -0.4 is 0 Å². The summed E-state index contributed by atoms with van der Waals surface area (Å²) in [4.78, 5) is 2.50. The molecule has 0 radical (unpaired) electrons. The van der Waals surface area contributed by atoms with E-state index in [0.717, 1.165) is 44.6 Å². The summed E-state index contributed by atoms with van der Waals surface area (Å²) in [6, 6.07) is 10.9. The van der Waals surface area contributed by atoms with Crippen LogP contribution in [0, 0.1) is 0 Å². The molecular formula is C19H24N6. The molecule has 0 spiro atoms. The first-order valence-corrected chi connectivity index (χ1v) is 8.91. The third-order valence-electron chi connectivity index (χ3n) is 4.88. The van der Waals surface area contributed by atoms with E-state index in [4.69, 9.17) is 0 Å². The van der Waals surface area contributed by atoms with Crippen molar-refractivity contribution < 1.29 is 0 Å². The fourth-order valence-electron chi connectivity index (χ4n) is 3.53. The summed E-state index contributed by atoms with van der Waals surface area (Å²) in [5, 5.41) is 13.0. The number of likely N-dealkylation sites (tertiary alicyclic amines) is 1. The van der Waals surface area contributed by atoms with E-state index < -0.39 is 0 Å². The van der Waals surface area contributed by atoms with Gasteiger partial charge in [0.15, 0.2) is 0 Å². The minimum atomic E-state index is 0.460. The highest BCUT2D eigenvalue weighted by atomic mass is 15.4. The van der Waals surface area contributed by atoms with Gasteiger partial charge >= 0.3 is 0 Å². The van der Waals surface area contributed by atoms with Crippen LogP contribution in [0.15, 0.2) is 48.9 Å². The molecule has 1 fully saturated rings. The van der Waals surface area contributed by atoms with Gasteiger partial charge in [-0.3, -0.25) is 9.58 Å². The number of piperidine rings is 1. The molecule has 1 aliphatic rings. The quantitative estimate of drug-likeness (QED) is 0.718. The first-order chi connectivity index (χ1) is 12.3. The molecule has 25 heavy (non-hydrogen) atoms. The zero-order valence-corrected chi connectivity index (χ0v) is 14.6. The van der Waals surface area contributed by atoms with Gasteiger partial charge in [0.2, 0.25) is 0 Å². The highest BCUT2D eigenvalue weighted by Crippen LogP contribution is 2.23. The van der Waals surface area contributed by atoms with Gasteiger partial charge in [-0.2, -0.15) is 5.10 Å². The number of nitrogens with zero attached hydrogens (tertiary/aromatic N) is 6. The number of hydrogen-bond acceptors (Lipinski definition) is 4. The summed E-state index contributed by atoms with van der Waals surface area (Å²) in [5.74, 6) is 0. The maximum atomic E-state index is 4.38. The summed E-state index contributed by atoms with van der Waals surface area (Å²) < 4.78 is 3.94. The summed E-state index contributed by atoms with van der Waals surface area (Å²) in [6.45, 7) is 3.16. The molecule has 0 N–H and O–H groups in total. The van der Waals surface area contributed by atoms with E-state index in [-0.39, 0.29) is 0 Å². The minimum Gasteiger partial charge on any atom is -0.299 e. The molecule has 0 amide bonds. The van der Waals surface area contributed by atoms with Crippen molar-refractivity contribution in [2.75, 3.05) is 13.1 Å². The van der Waals surface area contributed by atoms with Crippen LogP contribution in [0.5, 0.6) is 0 Å². The van der Waals surface area contributed by atoms with Gasteiger partial charge in [-0.1, -0.05) is 35.5 Å². The van der Waals surface area contributed by atoms with Crippen molar-refractivity contribution in [3.05, 3.63) is 65.7 Å². The Morgan fingerprint density at radius 1 is 1.04 bits per heavy atom. The smallest absolute Gasteiger partial charge is 0.0870 e. The number of aryl methyl sites for hydroxylation is 1. The predicted molar refractivity (Wildman–Crippen MR) is 96.0 cm³/mol. The van der Waals surface area contributed by atoms with Gasteiger partial charge in [-0.15, -0.1) is 5.10 Å². The fraction of sp³-hybridized carbons (Fsp3) is 0.421. The van der Waals surface area contributed by atoms with E-state index in [1.807, 2.05) is 24.0 Å². The molecule has 0 aliphatic carbocycles. The third-order valence-corrected chi connectivity index (χ3v) is 4.88. The lowest BCUT2D eigenvalue weighted by Crippen LogP contribution is -2.34. The highest BCUT2D eigenvalue weighted by molar-refractivity contribution is 5.19. The van der Waals surface area contributed by atoms with Crippen LogP contribution in [-0.2, 0) is 20.0 Å². The predicted octanol–water partition coefficient (Wildman–Crippen LogP) is 2.44. The molecule has 1 saturated heterocycles. The molecule has 0 saturated carbocycles. The molecular weight excluding hydrogens is 312 g/mol. The summed E-state index contributed by atoms with van der Waals surface area (Å²) in [5.41, 5.74) is 3.61. The monoisotopic (exact) mass is 336 g/mol. The standard InChI is InChI=1S/C19H24N6/c1-23-13-17(12-20-23)14-24-9-7-19(8-10-24)25-15-18(21-22-25)11-16-5-3-2-4-6-16/h2-6,12-13,15,19H,7-11,14H2,1H3. The van der Waals surface area contributed by atoms with Crippen molar-refractivity contribution in [1.82, 2.24) is 29.7 Å². The van der Waals surface area contributed by atoms with Crippen molar-refractivity contribution in [2.45, 2.75) is 31.8 Å². The Kier molecular flexibility index (Phi) is 4.61. The van der Waals surface area contributed by atoms with E-state index in [9.17, 15) is 0 Å². The average molecular weight is 336 g/mol. The second-order valence-corrected chi connectivity index (χ2v) is 6.88. The SMILES string of the molecule is Cn1cc(CN2CCC(n3cc(Cc4ccccc4)nn3)CC2)cn1. The zero-order chi connectivity index (χ0) is 17.1. The lowest BCUT2D eigenvalue weighted by Gasteiger charge is -2.31. The first-order valence-electron chi connectivity index (χ1n) is 8.91. The van der Waals surface area contributed by atoms with Gasteiger partial charge in [0.05, 0.1) is 17.9 Å². The lowest BCUT2D eigenvalue weighted by atomic mass is 10.0. The molecule has 6 heteroatoms. The van der Waals surface area contributed by atoms with Gasteiger partial charge in [0.1, 0.15) is 0 Å². The number of hydrogen-bond donors (Lipinski definition) is 0. The van der Waals surface area contributed by atoms with Crippen molar-refractivity contribution >= 4 is 0 Å². The largest absolute Gasteiger partial charge is 0.299 e. The average Bonchev–Trinajstić information content (AvgIpc) is 3.26. The number of rotatable bonds is 5. The minimum absolute atomic E-state index is 0.460. The van der Waals surface area contributed by atoms with Crippen molar-refractivity contribution in [2.24, 2.45) is 7.05 Å². The van der Waals surface area contributed by atoms with Crippen LogP contribution in [0.2, 0.25) is 0 Å². The molecule has 1 aliphatic heterocycles. The molecule has 2 aromatic heterocycles. The molecule has 6 nitrogen and oxygen atoms in total. The Hall–Kier alpha value is -2.47. The lowest BCUT2D eigenvalue weighted by molar-refractivity contribution is 0.172. The molecule has 0 bridgehead atoms. The Bertz CT molecular complexity index is 798. The molecule has 3 heterocycles. The number of benzene rings is 1. The van der Waals surface area contributed by atoms with Crippen LogP contribution in [0.25, 0.3) is 0 Å². The van der Waals surface area contributed by atoms with E-state index in [2.05, 4.69) is 61.7 Å². The summed E-state index contributed by atoms with van der Waals surface area (Å²) in [7, 11) is 1.97. The molecule has 0 atom stereocenters. The van der Waals surface area contributed by atoms with Crippen molar-refractivity contribution in [3.8, 4) is 0 Å². The van der Waals surface area contributed by atoms with Crippen LogP contribution >= 0.6 is 0 Å². The van der Waals surface area contributed by atoms with Crippen LogP contribution in [-0.4, -0.2) is 42.8 Å². The third kappa shape index (κ3) is 3.96. The van der Waals surface area contributed by atoms with Gasteiger partial charge in [-0.25, -0.2) is 4.68 Å². The van der Waals surface area contributed by atoms with Crippen molar-refractivity contribution in [1.29, 1.82) is 0 Å². The zero-order valence-electron chi connectivity index (χ0n) is 14.6. The summed E-state index contributed by atoms with van der Waals surface area (Å²) >= 11 is 0. The first kappa shape index (κ1) is 16.0. The Morgan fingerprint density at radius 2 is 1.84 bits per heavy atom. The maximum Gasteiger partial charge on any atom is 0.0870 e. The van der Waals surface area contributed by atoms with Gasteiger partial charge in [0, 0.05) is 51.1 Å². The molecule has 1 aromatic carbocycles. The second-order valence-electron chi connectivity index (χ2n) is 6.88. The summed E-state index contributed by atoms with van der Waals surface area (Å²) in [6.07, 6.45) is 9.26. The topological polar surface area (TPSA) is 51.8 Å². The normalized spacial score (nSPS) is 16.4. The highest BCUT2D eigenvalue weighted by Gasteiger charge is 2.22. The number of aromatic nitrogens is 5.